The first kappa shape index (κ1) is 12.1. The van der Waals surface area contributed by atoms with Gasteiger partial charge in [-0.2, -0.15) is 0 Å². The molecule has 1 N–H and O–H groups in total. The zero-order chi connectivity index (χ0) is 11.8. The first-order valence-electron chi connectivity index (χ1n) is 5.10. The molecular formula is C11H14N4O. The maximum Gasteiger partial charge on any atom is 0.251 e. The molecule has 0 heterocycles. The lowest BCUT2D eigenvalue weighted by atomic mass is 10.1. The number of nitrogens with one attached hydrogen (secondary N) is 1. The summed E-state index contributed by atoms with van der Waals surface area (Å²) in [6, 6.07) is 7.40. The van der Waals surface area contributed by atoms with Crippen LogP contribution in [-0.2, 0) is 0 Å². The largest absolute Gasteiger partial charge is 0.352 e. The zero-order valence-corrected chi connectivity index (χ0v) is 9.18. The first-order chi connectivity index (χ1) is 7.74. The van der Waals surface area contributed by atoms with Crippen LogP contribution in [0.5, 0.6) is 0 Å². The van der Waals surface area contributed by atoms with Gasteiger partial charge in [-0.15, -0.1) is 0 Å². The minimum absolute atomic E-state index is 0.0929. The smallest absolute Gasteiger partial charge is 0.251 e. The number of amides is 1. The topological polar surface area (TPSA) is 77.9 Å². The molecule has 0 spiro atoms. The number of hydrogen-bond donors (Lipinski definition) is 1. The van der Waals surface area contributed by atoms with E-state index in [0.29, 0.717) is 25.1 Å². The van der Waals surface area contributed by atoms with Gasteiger partial charge >= 0.3 is 0 Å². The molecule has 0 saturated carbocycles. The predicted molar refractivity (Wildman–Crippen MR) is 62.1 cm³/mol. The Morgan fingerprint density at radius 1 is 1.56 bits per heavy atom. The van der Waals surface area contributed by atoms with Gasteiger partial charge in [0.05, 0.1) is 0 Å². The molecule has 0 atom stereocenters. The summed E-state index contributed by atoms with van der Waals surface area (Å²) in [5.74, 6) is -0.0929. The van der Waals surface area contributed by atoms with Crippen LogP contribution in [0.25, 0.3) is 10.4 Å². The van der Waals surface area contributed by atoms with Crippen molar-refractivity contribution in [2.45, 2.75) is 13.3 Å². The highest BCUT2D eigenvalue weighted by Crippen LogP contribution is 2.03. The Morgan fingerprint density at radius 2 is 2.38 bits per heavy atom. The van der Waals surface area contributed by atoms with Crippen molar-refractivity contribution in [1.82, 2.24) is 5.32 Å². The minimum Gasteiger partial charge on any atom is -0.352 e. The predicted octanol–water partition coefficient (Wildman–Crippen LogP) is 2.43. The van der Waals surface area contributed by atoms with E-state index in [0.717, 1.165) is 5.56 Å². The van der Waals surface area contributed by atoms with E-state index in [9.17, 15) is 4.79 Å². The van der Waals surface area contributed by atoms with Crippen LogP contribution in [0.2, 0.25) is 0 Å². The van der Waals surface area contributed by atoms with Crippen LogP contribution in [0, 0.1) is 6.92 Å². The van der Waals surface area contributed by atoms with Crippen molar-refractivity contribution in [2.75, 3.05) is 13.1 Å². The number of carbonyl (C=O) groups is 1. The molecule has 84 valence electrons. The standard InChI is InChI=1S/C11H14N4O/c1-9-4-2-5-10(8-9)11(16)13-6-3-7-14-15-12/h2,4-5,8H,3,6-7H2,1H3,(H,13,16). The van der Waals surface area contributed by atoms with Crippen molar-refractivity contribution >= 4 is 5.91 Å². The van der Waals surface area contributed by atoms with E-state index in [1.807, 2.05) is 25.1 Å². The summed E-state index contributed by atoms with van der Waals surface area (Å²) in [7, 11) is 0. The van der Waals surface area contributed by atoms with Crippen molar-refractivity contribution in [3.8, 4) is 0 Å². The number of hydrogen-bond acceptors (Lipinski definition) is 2. The molecule has 16 heavy (non-hydrogen) atoms. The highest BCUT2D eigenvalue weighted by Gasteiger charge is 2.03. The SMILES string of the molecule is Cc1cccc(C(=O)NCCCN=[N+]=[N-])c1. The second-order valence-corrected chi connectivity index (χ2v) is 3.43. The molecule has 0 fully saturated rings. The molecule has 1 aromatic rings. The van der Waals surface area contributed by atoms with Crippen molar-refractivity contribution in [2.24, 2.45) is 5.11 Å². The number of benzene rings is 1. The maximum absolute atomic E-state index is 11.6. The molecule has 1 amide bonds. The third-order valence-corrected chi connectivity index (χ3v) is 2.06. The van der Waals surface area contributed by atoms with Gasteiger partial charge in [-0.3, -0.25) is 4.79 Å². The van der Waals surface area contributed by atoms with Crippen molar-refractivity contribution < 1.29 is 4.79 Å². The summed E-state index contributed by atoms with van der Waals surface area (Å²) < 4.78 is 0. The molecule has 5 heteroatoms. The summed E-state index contributed by atoms with van der Waals surface area (Å²) in [6.07, 6.45) is 0.654. The minimum atomic E-state index is -0.0929. The molecule has 1 aromatic carbocycles. The molecule has 0 unspecified atom stereocenters. The molecule has 1 rings (SSSR count). The van der Waals surface area contributed by atoms with E-state index in [1.165, 1.54) is 0 Å². The number of carbonyl (C=O) groups excluding carboxylic acids is 1. The lowest BCUT2D eigenvalue weighted by Gasteiger charge is -2.04. The Labute approximate surface area is 94.1 Å². The second-order valence-electron chi connectivity index (χ2n) is 3.43. The highest BCUT2D eigenvalue weighted by molar-refractivity contribution is 5.94. The van der Waals surface area contributed by atoms with Gasteiger partial charge in [-0.05, 0) is 31.0 Å². The van der Waals surface area contributed by atoms with Crippen LogP contribution in [0.15, 0.2) is 29.4 Å². The van der Waals surface area contributed by atoms with Crippen LogP contribution in [0.1, 0.15) is 22.3 Å². The molecule has 0 aliphatic heterocycles. The summed E-state index contributed by atoms with van der Waals surface area (Å²) in [5, 5.41) is 6.15. The Bertz CT molecular complexity index is 410. The van der Waals surface area contributed by atoms with E-state index in [-0.39, 0.29) is 5.91 Å². The van der Waals surface area contributed by atoms with E-state index >= 15 is 0 Å². The summed E-state index contributed by atoms with van der Waals surface area (Å²) in [4.78, 5) is 14.2. The molecule has 0 saturated heterocycles. The molecule has 5 nitrogen and oxygen atoms in total. The van der Waals surface area contributed by atoms with Gasteiger partial charge in [0.2, 0.25) is 0 Å². The summed E-state index contributed by atoms with van der Waals surface area (Å²) >= 11 is 0. The molecular weight excluding hydrogens is 204 g/mol. The average molecular weight is 218 g/mol. The monoisotopic (exact) mass is 218 g/mol. The summed E-state index contributed by atoms with van der Waals surface area (Å²) in [6.45, 7) is 2.87. The van der Waals surface area contributed by atoms with Crippen LogP contribution in [-0.4, -0.2) is 19.0 Å². The van der Waals surface area contributed by atoms with E-state index in [2.05, 4.69) is 15.3 Å². The first-order valence-corrected chi connectivity index (χ1v) is 5.10. The Balaban J connectivity index is 2.38. The third-order valence-electron chi connectivity index (χ3n) is 2.06. The molecule has 0 aromatic heterocycles. The van der Waals surface area contributed by atoms with Crippen molar-refractivity contribution in [1.29, 1.82) is 0 Å². The van der Waals surface area contributed by atoms with E-state index in [4.69, 9.17) is 5.53 Å². The van der Waals surface area contributed by atoms with Gasteiger partial charge in [0, 0.05) is 23.6 Å². The number of aryl methyl sites for hydroxylation is 1. The zero-order valence-electron chi connectivity index (χ0n) is 9.18. The van der Waals surface area contributed by atoms with Crippen molar-refractivity contribution in [3.05, 3.63) is 45.8 Å². The Kier molecular flexibility index (Phi) is 4.89. The van der Waals surface area contributed by atoms with Gasteiger partial charge in [0.25, 0.3) is 5.91 Å². The van der Waals surface area contributed by atoms with E-state index in [1.54, 1.807) is 6.07 Å². The molecule has 0 radical (unpaired) electrons. The van der Waals surface area contributed by atoms with E-state index < -0.39 is 0 Å². The summed E-state index contributed by atoms with van der Waals surface area (Å²) in [5.41, 5.74) is 9.77. The van der Waals surface area contributed by atoms with Gasteiger partial charge in [-0.25, -0.2) is 0 Å². The average Bonchev–Trinajstić information content (AvgIpc) is 2.28. The molecule has 0 bridgehead atoms. The fraction of sp³-hybridized carbons (Fsp3) is 0.364. The lowest BCUT2D eigenvalue weighted by Crippen LogP contribution is -2.24. The van der Waals surface area contributed by atoms with Gasteiger partial charge in [-0.1, -0.05) is 22.8 Å². The molecule has 0 aliphatic carbocycles. The Hall–Kier alpha value is -2.00. The maximum atomic E-state index is 11.6. The Morgan fingerprint density at radius 3 is 3.06 bits per heavy atom. The fourth-order valence-electron chi connectivity index (χ4n) is 1.28. The third kappa shape index (κ3) is 4.02. The number of azide groups is 1. The van der Waals surface area contributed by atoms with Crippen molar-refractivity contribution in [3.63, 3.8) is 0 Å². The highest BCUT2D eigenvalue weighted by atomic mass is 16.1. The molecule has 0 aliphatic rings. The van der Waals surface area contributed by atoms with Gasteiger partial charge in [0.15, 0.2) is 0 Å². The second kappa shape index (κ2) is 6.48. The van der Waals surface area contributed by atoms with Crippen LogP contribution < -0.4 is 5.32 Å². The lowest BCUT2D eigenvalue weighted by molar-refractivity contribution is 0.0953. The number of nitrogens with zero attached hydrogens (tertiary/aromatic N) is 3. The normalized spacial score (nSPS) is 9.31. The number of rotatable bonds is 5. The fourth-order valence-corrected chi connectivity index (χ4v) is 1.28. The van der Waals surface area contributed by atoms with Gasteiger partial charge in [0.1, 0.15) is 0 Å². The van der Waals surface area contributed by atoms with Crippen LogP contribution >= 0.6 is 0 Å². The van der Waals surface area contributed by atoms with Crippen LogP contribution in [0.4, 0.5) is 0 Å². The quantitative estimate of drug-likeness (QED) is 0.350. The van der Waals surface area contributed by atoms with Gasteiger partial charge < -0.3 is 5.32 Å². The van der Waals surface area contributed by atoms with Crippen LogP contribution in [0.3, 0.4) is 0 Å².